The maximum absolute atomic E-state index is 10.3. The van der Waals surface area contributed by atoms with Crippen molar-refractivity contribution in [1.29, 1.82) is 5.26 Å². The van der Waals surface area contributed by atoms with Gasteiger partial charge in [-0.25, -0.2) is 0 Å². The highest BCUT2D eigenvalue weighted by molar-refractivity contribution is 5.51. The zero-order valence-corrected chi connectivity index (χ0v) is 13.6. The van der Waals surface area contributed by atoms with Crippen LogP contribution in [-0.2, 0) is 0 Å². The third kappa shape index (κ3) is 4.14. The fourth-order valence-corrected chi connectivity index (χ4v) is 3.25. The van der Waals surface area contributed by atoms with E-state index >= 15 is 0 Å². The first-order valence-corrected chi connectivity index (χ1v) is 8.38. The van der Waals surface area contributed by atoms with E-state index in [2.05, 4.69) is 23.1 Å². The third-order valence-electron chi connectivity index (χ3n) is 4.56. The molecule has 124 valence electrons. The molecule has 1 fully saturated rings. The predicted octanol–water partition coefficient (Wildman–Crippen LogP) is 3.75. The lowest BCUT2D eigenvalue weighted by atomic mass is 10.1. The standard InChI is InChI=1S/C20H22N2O2/c21-15-17-9-7-16(8-10-17)4-1-11-22-12-2-5-18(22)14-19(23)20-6-3-13-24-20/h1,3-4,6-10,13,18-19,23H,2,5,11-12,14H2/b4-1+. The SMILES string of the molecule is N#Cc1ccc(/C=C/CN2CCCC2CC(O)c2ccco2)cc1. The van der Waals surface area contributed by atoms with E-state index in [0.29, 0.717) is 23.8 Å². The number of likely N-dealkylation sites (tertiary alicyclic amines) is 1. The molecule has 2 unspecified atom stereocenters. The molecule has 4 nitrogen and oxygen atoms in total. The summed E-state index contributed by atoms with van der Waals surface area (Å²) in [5.41, 5.74) is 1.78. The molecule has 0 spiro atoms. The van der Waals surface area contributed by atoms with Crippen LogP contribution in [0.15, 0.2) is 53.2 Å². The van der Waals surface area contributed by atoms with Crippen LogP contribution in [0.4, 0.5) is 0 Å². The van der Waals surface area contributed by atoms with E-state index < -0.39 is 6.10 Å². The number of furan rings is 1. The molecule has 2 atom stereocenters. The van der Waals surface area contributed by atoms with Gasteiger partial charge in [-0.2, -0.15) is 5.26 Å². The zero-order chi connectivity index (χ0) is 16.8. The Morgan fingerprint density at radius 1 is 1.33 bits per heavy atom. The Balaban J connectivity index is 1.53. The first-order chi connectivity index (χ1) is 11.8. The normalized spacial score (nSPS) is 19.6. The number of benzene rings is 1. The number of aliphatic hydroxyl groups is 1. The van der Waals surface area contributed by atoms with E-state index in [1.807, 2.05) is 36.4 Å². The van der Waals surface area contributed by atoms with Crippen molar-refractivity contribution in [2.24, 2.45) is 0 Å². The van der Waals surface area contributed by atoms with E-state index in [1.54, 1.807) is 6.26 Å². The minimum absolute atomic E-state index is 0.385. The summed E-state index contributed by atoms with van der Waals surface area (Å²) in [6.45, 7) is 1.93. The maximum atomic E-state index is 10.3. The maximum Gasteiger partial charge on any atom is 0.132 e. The Morgan fingerprint density at radius 2 is 2.17 bits per heavy atom. The first kappa shape index (κ1) is 16.5. The molecule has 0 amide bonds. The van der Waals surface area contributed by atoms with Gasteiger partial charge in [0.25, 0.3) is 0 Å². The highest BCUT2D eigenvalue weighted by Gasteiger charge is 2.27. The first-order valence-electron chi connectivity index (χ1n) is 8.38. The summed E-state index contributed by atoms with van der Waals surface area (Å²) in [6, 6.07) is 13.7. The van der Waals surface area contributed by atoms with E-state index in [1.165, 1.54) is 6.42 Å². The molecule has 2 heterocycles. The summed E-state index contributed by atoms with van der Waals surface area (Å²) < 4.78 is 5.29. The smallest absolute Gasteiger partial charge is 0.132 e. The monoisotopic (exact) mass is 322 g/mol. The number of aliphatic hydroxyl groups excluding tert-OH is 1. The Hall–Kier alpha value is -2.35. The van der Waals surface area contributed by atoms with Crippen molar-refractivity contribution in [2.45, 2.75) is 31.4 Å². The van der Waals surface area contributed by atoms with Gasteiger partial charge in [0, 0.05) is 12.6 Å². The second-order valence-corrected chi connectivity index (χ2v) is 6.19. The summed E-state index contributed by atoms with van der Waals surface area (Å²) >= 11 is 0. The van der Waals surface area contributed by atoms with Gasteiger partial charge in [-0.3, -0.25) is 4.90 Å². The van der Waals surface area contributed by atoms with Crippen molar-refractivity contribution in [1.82, 2.24) is 4.90 Å². The number of nitriles is 1. The molecule has 0 bridgehead atoms. The summed E-state index contributed by atoms with van der Waals surface area (Å²) in [6.07, 6.45) is 8.29. The predicted molar refractivity (Wildman–Crippen MR) is 93.1 cm³/mol. The molecular formula is C20H22N2O2. The summed E-state index contributed by atoms with van der Waals surface area (Å²) in [5, 5.41) is 19.1. The molecule has 0 radical (unpaired) electrons. The summed E-state index contributed by atoms with van der Waals surface area (Å²) in [5.74, 6) is 0.648. The Bertz CT molecular complexity index is 698. The van der Waals surface area contributed by atoms with Gasteiger partial charge in [0.1, 0.15) is 11.9 Å². The fourth-order valence-electron chi connectivity index (χ4n) is 3.25. The molecule has 1 saturated heterocycles. The molecule has 0 aliphatic carbocycles. The molecule has 1 aliphatic rings. The Morgan fingerprint density at radius 3 is 2.88 bits per heavy atom. The fraction of sp³-hybridized carbons (Fsp3) is 0.350. The van der Waals surface area contributed by atoms with Crippen LogP contribution < -0.4 is 0 Å². The van der Waals surface area contributed by atoms with Crippen LogP contribution in [-0.4, -0.2) is 29.1 Å². The lowest BCUT2D eigenvalue weighted by molar-refractivity contribution is 0.105. The Kier molecular flexibility index (Phi) is 5.47. The van der Waals surface area contributed by atoms with Gasteiger partial charge < -0.3 is 9.52 Å². The number of rotatable bonds is 6. The van der Waals surface area contributed by atoms with E-state index in [4.69, 9.17) is 9.68 Å². The average Bonchev–Trinajstić information content (AvgIpc) is 3.28. The van der Waals surface area contributed by atoms with E-state index in [0.717, 1.165) is 25.1 Å². The van der Waals surface area contributed by atoms with E-state index in [-0.39, 0.29) is 0 Å². The van der Waals surface area contributed by atoms with Crippen molar-refractivity contribution in [3.63, 3.8) is 0 Å². The zero-order valence-electron chi connectivity index (χ0n) is 13.6. The lowest BCUT2D eigenvalue weighted by Crippen LogP contribution is -2.30. The number of nitrogens with zero attached hydrogens (tertiary/aromatic N) is 2. The highest BCUT2D eigenvalue weighted by atomic mass is 16.4. The van der Waals surface area contributed by atoms with Gasteiger partial charge in [-0.1, -0.05) is 24.3 Å². The van der Waals surface area contributed by atoms with Crippen LogP contribution >= 0.6 is 0 Å². The van der Waals surface area contributed by atoms with Gasteiger partial charge in [0.05, 0.1) is 17.9 Å². The van der Waals surface area contributed by atoms with Crippen molar-refractivity contribution in [3.05, 3.63) is 65.6 Å². The molecule has 1 N–H and O–H groups in total. The van der Waals surface area contributed by atoms with Crippen molar-refractivity contribution < 1.29 is 9.52 Å². The molecule has 1 aromatic carbocycles. The molecule has 1 aliphatic heterocycles. The Labute approximate surface area is 142 Å². The van der Waals surface area contributed by atoms with Gasteiger partial charge in [0.2, 0.25) is 0 Å². The second kappa shape index (κ2) is 7.96. The van der Waals surface area contributed by atoms with Crippen LogP contribution in [0, 0.1) is 11.3 Å². The molecule has 4 heteroatoms. The van der Waals surface area contributed by atoms with Gasteiger partial charge >= 0.3 is 0 Å². The largest absolute Gasteiger partial charge is 0.467 e. The van der Waals surface area contributed by atoms with Gasteiger partial charge in [0.15, 0.2) is 0 Å². The quantitative estimate of drug-likeness (QED) is 0.880. The van der Waals surface area contributed by atoms with Gasteiger partial charge in [-0.15, -0.1) is 0 Å². The van der Waals surface area contributed by atoms with Crippen LogP contribution in [0.3, 0.4) is 0 Å². The highest BCUT2D eigenvalue weighted by Crippen LogP contribution is 2.27. The van der Waals surface area contributed by atoms with E-state index in [9.17, 15) is 5.11 Å². The van der Waals surface area contributed by atoms with Crippen LogP contribution in [0.1, 0.15) is 42.3 Å². The summed E-state index contributed by atoms with van der Waals surface area (Å²) in [4.78, 5) is 2.41. The second-order valence-electron chi connectivity index (χ2n) is 6.19. The van der Waals surface area contributed by atoms with Crippen molar-refractivity contribution in [2.75, 3.05) is 13.1 Å². The van der Waals surface area contributed by atoms with Crippen LogP contribution in [0.25, 0.3) is 6.08 Å². The van der Waals surface area contributed by atoms with Crippen molar-refractivity contribution >= 4 is 6.08 Å². The molecule has 24 heavy (non-hydrogen) atoms. The van der Waals surface area contributed by atoms with Crippen molar-refractivity contribution in [3.8, 4) is 6.07 Å². The third-order valence-corrected chi connectivity index (χ3v) is 4.56. The van der Waals surface area contributed by atoms with Gasteiger partial charge in [-0.05, 0) is 55.6 Å². The number of hydrogen-bond acceptors (Lipinski definition) is 4. The molecule has 2 aromatic rings. The molecule has 3 rings (SSSR count). The molecule has 1 aromatic heterocycles. The van der Waals surface area contributed by atoms with Crippen LogP contribution in [0.2, 0.25) is 0 Å². The minimum Gasteiger partial charge on any atom is -0.467 e. The molecular weight excluding hydrogens is 300 g/mol. The minimum atomic E-state index is -0.534. The average molecular weight is 322 g/mol. The molecule has 0 saturated carbocycles. The topological polar surface area (TPSA) is 60.4 Å². The van der Waals surface area contributed by atoms with Crippen LogP contribution in [0.5, 0.6) is 0 Å². The number of hydrogen-bond donors (Lipinski definition) is 1. The lowest BCUT2D eigenvalue weighted by Gasteiger charge is -2.24. The summed E-state index contributed by atoms with van der Waals surface area (Å²) in [7, 11) is 0.